The highest BCUT2D eigenvalue weighted by molar-refractivity contribution is 6.35. The molecule has 2 aliphatic rings. The third-order valence-electron chi connectivity index (χ3n) is 6.64. The lowest BCUT2D eigenvalue weighted by Gasteiger charge is -2.25. The van der Waals surface area contributed by atoms with Crippen LogP contribution < -0.4 is 15.5 Å². The van der Waals surface area contributed by atoms with E-state index in [1.165, 1.54) is 12.8 Å². The quantitative estimate of drug-likeness (QED) is 0.399. The Morgan fingerprint density at radius 2 is 1.74 bits per heavy atom. The molecule has 0 spiro atoms. The zero-order chi connectivity index (χ0) is 24.5. The van der Waals surface area contributed by atoms with Gasteiger partial charge in [-0.3, -0.25) is 9.59 Å². The second-order valence-electron chi connectivity index (χ2n) is 9.26. The SMILES string of the molecule is Cc1ccccc1C(=O)Nc1ccc(C(=O)N2CCCC(NC3CC3)c3cc(Cl)ccc32)c(Cl)c1. The lowest BCUT2D eigenvalue weighted by molar-refractivity contribution is 0.0986. The summed E-state index contributed by atoms with van der Waals surface area (Å²) in [6.07, 6.45) is 4.19. The minimum atomic E-state index is -0.217. The minimum absolute atomic E-state index is 0.164. The van der Waals surface area contributed by atoms with Crippen LogP contribution in [-0.4, -0.2) is 24.4 Å². The Kier molecular flexibility index (Phi) is 6.83. The van der Waals surface area contributed by atoms with Gasteiger partial charge in [-0.05, 0) is 86.2 Å². The number of hydrogen-bond donors (Lipinski definition) is 2. The first-order chi connectivity index (χ1) is 16.9. The van der Waals surface area contributed by atoms with Gasteiger partial charge in [0.1, 0.15) is 0 Å². The van der Waals surface area contributed by atoms with Gasteiger partial charge in [0.25, 0.3) is 11.8 Å². The molecule has 35 heavy (non-hydrogen) atoms. The van der Waals surface area contributed by atoms with Crippen LogP contribution in [-0.2, 0) is 0 Å². The second-order valence-corrected chi connectivity index (χ2v) is 10.1. The Hall–Kier alpha value is -2.86. The zero-order valence-electron chi connectivity index (χ0n) is 19.5. The lowest BCUT2D eigenvalue weighted by atomic mass is 10.0. The third kappa shape index (κ3) is 5.22. The van der Waals surface area contributed by atoms with Crippen molar-refractivity contribution >= 4 is 46.4 Å². The van der Waals surface area contributed by atoms with Gasteiger partial charge in [0.2, 0.25) is 0 Å². The highest BCUT2D eigenvalue weighted by Crippen LogP contribution is 2.38. The highest BCUT2D eigenvalue weighted by Gasteiger charge is 2.31. The molecule has 5 rings (SSSR count). The number of carbonyl (C=O) groups excluding carboxylic acids is 2. The van der Waals surface area contributed by atoms with Gasteiger partial charge in [-0.25, -0.2) is 0 Å². The van der Waals surface area contributed by atoms with Crippen molar-refractivity contribution in [2.75, 3.05) is 16.8 Å². The van der Waals surface area contributed by atoms with E-state index in [2.05, 4.69) is 10.6 Å². The van der Waals surface area contributed by atoms with Gasteiger partial charge in [0, 0.05) is 40.6 Å². The Morgan fingerprint density at radius 3 is 2.49 bits per heavy atom. The predicted molar refractivity (Wildman–Crippen MR) is 142 cm³/mol. The smallest absolute Gasteiger partial charge is 0.259 e. The van der Waals surface area contributed by atoms with Crippen molar-refractivity contribution in [2.24, 2.45) is 0 Å². The molecule has 0 saturated heterocycles. The van der Waals surface area contributed by atoms with E-state index in [-0.39, 0.29) is 17.9 Å². The summed E-state index contributed by atoms with van der Waals surface area (Å²) in [5, 5.41) is 7.54. The summed E-state index contributed by atoms with van der Waals surface area (Å²) in [4.78, 5) is 28.1. The van der Waals surface area contributed by atoms with Crippen molar-refractivity contribution < 1.29 is 9.59 Å². The summed E-state index contributed by atoms with van der Waals surface area (Å²) in [7, 11) is 0. The van der Waals surface area contributed by atoms with E-state index in [0.717, 1.165) is 29.7 Å². The number of rotatable bonds is 5. The van der Waals surface area contributed by atoms with Gasteiger partial charge >= 0.3 is 0 Å². The van der Waals surface area contributed by atoms with E-state index in [4.69, 9.17) is 23.2 Å². The number of hydrogen-bond acceptors (Lipinski definition) is 3. The molecule has 2 amide bonds. The number of aryl methyl sites for hydroxylation is 1. The molecule has 1 aliphatic carbocycles. The van der Waals surface area contributed by atoms with Crippen molar-refractivity contribution in [1.29, 1.82) is 0 Å². The van der Waals surface area contributed by atoms with Crippen molar-refractivity contribution in [3.05, 3.63) is 93.0 Å². The monoisotopic (exact) mass is 507 g/mol. The average Bonchev–Trinajstić information content (AvgIpc) is 3.67. The number of nitrogens with zero attached hydrogens (tertiary/aromatic N) is 1. The fourth-order valence-corrected chi connectivity index (χ4v) is 5.08. The Balaban J connectivity index is 1.39. The molecule has 1 unspecified atom stereocenters. The summed E-state index contributed by atoms with van der Waals surface area (Å²) in [6.45, 7) is 2.49. The van der Waals surface area contributed by atoms with Crippen LogP contribution in [0, 0.1) is 6.92 Å². The van der Waals surface area contributed by atoms with E-state index in [0.29, 0.717) is 39.4 Å². The molecule has 2 N–H and O–H groups in total. The highest BCUT2D eigenvalue weighted by atomic mass is 35.5. The van der Waals surface area contributed by atoms with Crippen LogP contribution in [0.1, 0.15) is 63.6 Å². The Bertz CT molecular complexity index is 1290. The van der Waals surface area contributed by atoms with Crippen molar-refractivity contribution in [2.45, 2.75) is 44.7 Å². The molecule has 1 heterocycles. The van der Waals surface area contributed by atoms with Crippen molar-refractivity contribution in [3.63, 3.8) is 0 Å². The lowest BCUT2D eigenvalue weighted by Crippen LogP contribution is -2.32. The van der Waals surface area contributed by atoms with Crippen LogP contribution in [0.2, 0.25) is 10.0 Å². The van der Waals surface area contributed by atoms with Crippen LogP contribution in [0.4, 0.5) is 11.4 Å². The molecule has 7 heteroatoms. The molecular weight excluding hydrogens is 481 g/mol. The molecule has 1 atom stereocenters. The number of benzene rings is 3. The first kappa shape index (κ1) is 23.9. The minimum Gasteiger partial charge on any atom is -0.322 e. The molecule has 1 fully saturated rings. The predicted octanol–water partition coefficient (Wildman–Crippen LogP) is 6.79. The van der Waals surface area contributed by atoms with E-state index >= 15 is 0 Å². The van der Waals surface area contributed by atoms with Gasteiger partial charge in [0.15, 0.2) is 0 Å². The van der Waals surface area contributed by atoms with Crippen LogP contribution in [0.5, 0.6) is 0 Å². The first-order valence-electron chi connectivity index (χ1n) is 11.9. The number of amides is 2. The van der Waals surface area contributed by atoms with Gasteiger partial charge in [0.05, 0.1) is 10.6 Å². The summed E-state index contributed by atoms with van der Waals surface area (Å²) in [5.41, 5.74) is 4.33. The molecule has 5 nitrogen and oxygen atoms in total. The summed E-state index contributed by atoms with van der Waals surface area (Å²) < 4.78 is 0. The number of nitrogens with one attached hydrogen (secondary N) is 2. The molecule has 180 valence electrons. The molecular formula is C28H27Cl2N3O2. The van der Waals surface area contributed by atoms with Gasteiger partial charge in [-0.2, -0.15) is 0 Å². The summed E-state index contributed by atoms with van der Waals surface area (Å²) in [6, 6.07) is 18.8. The number of halogens is 2. The largest absolute Gasteiger partial charge is 0.322 e. The number of anilines is 2. The standard InChI is InChI=1S/C28H27Cl2N3O2/c1-17-5-2-3-6-21(17)27(34)32-20-11-12-22(24(30)16-20)28(35)33-14-4-7-25(31-19-9-10-19)23-15-18(29)8-13-26(23)33/h2-3,5-6,8,11-13,15-16,19,25,31H,4,7,9-10,14H2,1H3,(H,32,34). The molecule has 0 bridgehead atoms. The molecule has 3 aromatic rings. The van der Waals surface area contributed by atoms with E-state index in [1.54, 1.807) is 29.2 Å². The van der Waals surface area contributed by atoms with Gasteiger partial charge in [-0.15, -0.1) is 0 Å². The maximum Gasteiger partial charge on any atom is 0.259 e. The van der Waals surface area contributed by atoms with Gasteiger partial charge in [-0.1, -0.05) is 41.4 Å². The summed E-state index contributed by atoms with van der Waals surface area (Å²) in [5.74, 6) is -0.381. The van der Waals surface area contributed by atoms with Crippen molar-refractivity contribution in [3.8, 4) is 0 Å². The Labute approximate surface area is 215 Å². The van der Waals surface area contributed by atoms with Crippen LogP contribution in [0.25, 0.3) is 0 Å². The van der Waals surface area contributed by atoms with Crippen LogP contribution >= 0.6 is 23.2 Å². The summed E-state index contributed by atoms with van der Waals surface area (Å²) >= 11 is 12.9. The van der Waals surface area contributed by atoms with Crippen molar-refractivity contribution in [1.82, 2.24) is 5.32 Å². The second kappa shape index (κ2) is 10.0. The average molecular weight is 508 g/mol. The zero-order valence-corrected chi connectivity index (χ0v) is 21.0. The van der Waals surface area contributed by atoms with Crippen LogP contribution in [0.3, 0.4) is 0 Å². The Morgan fingerprint density at radius 1 is 0.943 bits per heavy atom. The van der Waals surface area contributed by atoms with Gasteiger partial charge < -0.3 is 15.5 Å². The van der Waals surface area contributed by atoms with Crippen LogP contribution in [0.15, 0.2) is 60.7 Å². The molecule has 1 aliphatic heterocycles. The number of fused-ring (bicyclic) bond motifs is 1. The fourth-order valence-electron chi connectivity index (χ4n) is 4.64. The van der Waals surface area contributed by atoms with E-state index in [1.807, 2.05) is 43.3 Å². The molecule has 0 radical (unpaired) electrons. The van der Waals surface area contributed by atoms with E-state index < -0.39 is 0 Å². The maximum atomic E-state index is 13.7. The number of carbonyl (C=O) groups is 2. The molecule has 1 saturated carbocycles. The first-order valence-corrected chi connectivity index (χ1v) is 12.7. The fraction of sp³-hybridized carbons (Fsp3) is 0.286. The third-order valence-corrected chi connectivity index (χ3v) is 7.18. The molecule has 3 aromatic carbocycles. The van der Waals surface area contributed by atoms with E-state index in [9.17, 15) is 9.59 Å². The molecule has 0 aromatic heterocycles. The maximum absolute atomic E-state index is 13.7. The topological polar surface area (TPSA) is 61.4 Å². The normalized spacial score (nSPS) is 17.5.